The van der Waals surface area contributed by atoms with Crippen LogP contribution in [0.1, 0.15) is 64.0 Å². The summed E-state index contributed by atoms with van der Waals surface area (Å²) in [5.41, 5.74) is 1.09. The Kier molecular flexibility index (Phi) is 8.52. The lowest BCUT2D eigenvalue weighted by atomic mass is 10.1. The summed E-state index contributed by atoms with van der Waals surface area (Å²) < 4.78 is 5.19. The topological polar surface area (TPSA) is 38.3 Å². The first kappa shape index (κ1) is 16.5. The van der Waals surface area contributed by atoms with Crippen LogP contribution in [0, 0.1) is 0 Å². The molecule has 20 heavy (non-hydrogen) atoms. The van der Waals surface area contributed by atoms with Gasteiger partial charge in [-0.1, -0.05) is 69.4 Å². The van der Waals surface area contributed by atoms with Gasteiger partial charge in [0.05, 0.1) is 12.6 Å². The molecule has 0 aromatic heterocycles. The molecule has 0 radical (unpaired) electrons. The van der Waals surface area contributed by atoms with Gasteiger partial charge in [-0.25, -0.2) is 4.79 Å². The van der Waals surface area contributed by atoms with Gasteiger partial charge in [0.25, 0.3) is 0 Å². The molecule has 3 heteroatoms. The second kappa shape index (κ2) is 10.3. The largest absolute Gasteiger partial charge is 0.450 e. The molecule has 0 aliphatic rings. The SMILES string of the molecule is CCCCCCCCOC(=O)N[C@@H](C)c1ccccc1. The van der Waals surface area contributed by atoms with Crippen molar-refractivity contribution in [3.8, 4) is 0 Å². The van der Waals surface area contributed by atoms with E-state index < -0.39 is 0 Å². The number of alkyl carbamates (subject to hydrolysis) is 1. The van der Waals surface area contributed by atoms with Crippen LogP contribution in [-0.4, -0.2) is 12.7 Å². The second-order valence-electron chi connectivity index (χ2n) is 5.18. The van der Waals surface area contributed by atoms with E-state index in [-0.39, 0.29) is 12.1 Å². The normalized spacial score (nSPS) is 11.9. The van der Waals surface area contributed by atoms with Gasteiger partial charge in [0.15, 0.2) is 0 Å². The van der Waals surface area contributed by atoms with Crippen LogP contribution in [0.3, 0.4) is 0 Å². The average Bonchev–Trinajstić information content (AvgIpc) is 2.47. The fourth-order valence-corrected chi connectivity index (χ4v) is 2.09. The monoisotopic (exact) mass is 277 g/mol. The third-order valence-corrected chi connectivity index (χ3v) is 3.36. The van der Waals surface area contributed by atoms with Gasteiger partial charge >= 0.3 is 6.09 Å². The number of hydrogen-bond donors (Lipinski definition) is 1. The highest BCUT2D eigenvalue weighted by atomic mass is 16.5. The van der Waals surface area contributed by atoms with E-state index in [4.69, 9.17) is 4.74 Å². The van der Waals surface area contributed by atoms with Crippen molar-refractivity contribution in [1.82, 2.24) is 5.32 Å². The first-order chi connectivity index (χ1) is 9.74. The fraction of sp³-hybridized carbons (Fsp3) is 0.588. The van der Waals surface area contributed by atoms with Gasteiger partial charge in [-0.15, -0.1) is 0 Å². The number of amides is 1. The van der Waals surface area contributed by atoms with E-state index >= 15 is 0 Å². The zero-order valence-corrected chi connectivity index (χ0v) is 12.7. The Morgan fingerprint density at radius 1 is 1.10 bits per heavy atom. The Bertz CT molecular complexity index is 365. The standard InChI is InChI=1S/C17H27NO2/c1-3-4-5-6-7-11-14-20-17(19)18-15(2)16-12-9-8-10-13-16/h8-10,12-13,15H,3-7,11,14H2,1-2H3,(H,18,19)/t15-/m0/s1. The average molecular weight is 277 g/mol. The minimum absolute atomic E-state index is 0.0201. The van der Waals surface area contributed by atoms with Crippen LogP contribution in [-0.2, 0) is 4.74 Å². The lowest BCUT2D eigenvalue weighted by Gasteiger charge is -2.14. The molecule has 0 bridgehead atoms. The minimum Gasteiger partial charge on any atom is -0.450 e. The van der Waals surface area contributed by atoms with Crippen molar-refractivity contribution < 1.29 is 9.53 Å². The predicted molar refractivity (Wildman–Crippen MR) is 82.7 cm³/mol. The molecule has 0 saturated carbocycles. The maximum absolute atomic E-state index is 11.6. The molecule has 1 aromatic rings. The van der Waals surface area contributed by atoms with Crippen LogP contribution in [0.4, 0.5) is 4.79 Å². The summed E-state index contributed by atoms with van der Waals surface area (Å²) in [6, 6.07) is 9.88. The number of carbonyl (C=O) groups is 1. The van der Waals surface area contributed by atoms with Crippen molar-refractivity contribution in [2.45, 2.75) is 58.4 Å². The minimum atomic E-state index is -0.324. The van der Waals surface area contributed by atoms with Crippen LogP contribution in [0.2, 0.25) is 0 Å². The number of unbranched alkanes of at least 4 members (excludes halogenated alkanes) is 5. The lowest BCUT2D eigenvalue weighted by molar-refractivity contribution is 0.140. The van der Waals surface area contributed by atoms with Crippen molar-refractivity contribution in [3.63, 3.8) is 0 Å². The molecular formula is C17H27NO2. The molecule has 112 valence electrons. The van der Waals surface area contributed by atoms with E-state index in [0.29, 0.717) is 6.61 Å². The summed E-state index contributed by atoms with van der Waals surface area (Å²) in [5, 5.41) is 2.85. The molecule has 0 aliphatic heterocycles. The molecule has 1 amide bonds. The summed E-state index contributed by atoms with van der Waals surface area (Å²) in [6.07, 6.45) is 6.85. The summed E-state index contributed by atoms with van der Waals surface area (Å²) in [7, 11) is 0. The fourth-order valence-electron chi connectivity index (χ4n) is 2.09. The molecule has 0 fully saturated rings. The first-order valence-corrected chi connectivity index (χ1v) is 7.72. The molecule has 1 rings (SSSR count). The van der Waals surface area contributed by atoms with E-state index in [1.807, 2.05) is 37.3 Å². The van der Waals surface area contributed by atoms with Gasteiger partial charge in [-0.05, 0) is 18.9 Å². The van der Waals surface area contributed by atoms with Gasteiger partial charge < -0.3 is 10.1 Å². The second-order valence-corrected chi connectivity index (χ2v) is 5.18. The Hall–Kier alpha value is -1.51. The number of rotatable bonds is 9. The maximum Gasteiger partial charge on any atom is 0.407 e. The van der Waals surface area contributed by atoms with E-state index in [2.05, 4.69) is 12.2 Å². The Morgan fingerprint density at radius 2 is 1.75 bits per heavy atom. The highest BCUT2D eigenvalue weighted by Crippen LogP contribution is 2.11. The van der Waals surface area contributed by atoms with Crippen molar-refractivity contribution in [1.29, 1.82) is 0 Å². The molecular weight excluding hydrogens is 250 g/mol. The summed E-state index contributed by atoms with van der Waals surface area (Å²) in [5.74, 6) is 0. The van der Waals surface area contributed by atoms with Crippen LogP contribution in [0.5, 0.6) is 0 Å². The first-order valence-electron chi connectivity index (χ1n) is 7.72. The molecule has 0 aliphatic carbocycles. The van der Waals surface area contributed by atoms with E-state index in [9.17, 15) is 4.79 Å². The molecule has 1 atom stereocenters. The van der Waals surface area contributed by atoms with Crippen molar-refractivity contribution >= 4 is 6.09 Å². The number of hydrogen-bond acceptors (Lipinski definition) is 2. The smallest absolute Gasteiger partial charge is 0.407 e. The molecule has 0 saturated heterocycles. The number of nitrogens with one attached hydrogen (secondary N) is 1. The molecule has 1 aromatic carbocycles. The van der Waals surface area contributed by atoms with Gasteiger partial charge in [0.2, 0.25) is 0 Å². The van der Waals surface area contributed by atoms with E-state index in [1.54, 1.807) is 0 Å². The Labute approximate surface area is 122 Å². The molecule has 0 spiro atoms. The highest BCUT2D eigenvalue weighted by molar-refractivity contribution is 5.67. The third-order valence-electron chi connectivity index (χ3n) is 3.36. The summed E-state index contributed by atoms with van der Waals surface area (Å²) in [4.78, 5) is 11.6. The third kappa shape index (κ3) is 7.17. The number of benzene rings is 1. The zero-order valence-electron chi connectivity index (χ0n) is 12.7. The molecule has 1 N–H and O–H groups in total. The van der Waals surface area contributed by atoms with E-state index in [0.717, 1.165) is 18.4 Å². The maximum atomic E-state index is 11.6. The Morgan fingerprint density at radius 3 is 2.45 bits per heavy atom. The quantitative estimate of drug-likeness (QED) is 0.656. The predicted octanol–water partition coefficient (Wildman–Crippen LogP) is 4.83. The van der Waals surface area contributed by atoms with Gasteiger partial charge in [0, 0.05) is 0 Å². The molecule has 0 unspecified atom stereocenters. The Balaban J connectivity index is 2.08. The summed E-state index contributed by atoms with van der Waals surface area (Å²) in [6.45, 7) is 4.68. The van der Waals surface area contributed by atoms with Gasteiger partial charge in [-0.3, -0.25) is 0 Å². The van der Waals surface area contributed by atoms with Crippen LogP contribution < -0.4 is 5.32 Å². The molecule has 3 nitrogen and oxygen atoms in total. The van der Waals surface area contributed by atoms with Crippen LogP contribution in [0.25, 0.3) is 0 Å². The highest BCUT2D eigenvalue weighted by Gasteiger charge is 2.09. The van der Waals surface area contributed by atoms with Crippen molar-refractivity contribution in [2.75, 3.05) is 6.61 Å². The van der Waals surface area contributed by atoms with Crippen molar-refractivity contribution in [2.24, 2.45) is 0 Å². The van der Waals surface area contributed by atoms with Crippen LogP contribution in [0.15, 0.2) is 30.3 Å². The van der Waals surface area contributed by atoms with Crippen LogP contribution >= 0.6 is 0 Å². The number of carbonyl (C=O) groups excluding carboxylic acids is 1. The van der Waals surface area contributed by atoms with Gasteiger partial charge in [0.1, 0.15) is 0 Å². The number of ether oxygens (including phenoxy) is 1. The lowest BCUT2D eigenvalue weighted by Crippen LogP contribution is -2.27. The molecule has 0 heterocycles. The van der Waals surface area contributed by atoms with Crippen molar-refractivity contribution in [3.05, 3.63) is 35.9 Å². The summed E-state index contributed by atoms with van der Waals surface area (Å²) >= 11 is 0. The van der Waals surface area contributed by atoms with Gasteiger partial charge in [-0.2, -0.15) is 0 Å². The zero-order chi connectivity index (χ0) is 14.6. The van der Waals surface area contributed by atoms with E-state index in [1.165, 1.54) is 25.7 Å².